The number of nitrogens with one attached hydrogen (secondary N) is 1. The van der Waals surface area contributed by atoms with Gasteiger partial charge in [-0.15, -0.1) is 0 Å². The van der Waals surface area contributed by atoms with E-state index in [0.29, 0.717) is 24.3 Å². The number of sulfone groups is 1. The van der Waals surface area contributed by atoms with Gasteiger partial charge in [0.1, 0.15) is 0 Å². The minimum absolute atomic E-state index is 0.0400. The van der Waals surface area contributed by atoms with Gasteiger partial charge in [0.05, 0.1) is 30.3 Å². The zero-order chi connectivity index (χ0) is 19.4. The average molecular weight is 453 g/mol. The highest BCUT2D eigenvalue weighted by Crippen LogP contribution is 2.30. The van der Waals surface area contributed by atoms with Crippen molar-refractivity contribution in [2.45, 2.75) is 5.75 Å². The maximum atomic E-state index is 12.7. The van der Waals surface area contributed by atoms with E-state index >= 15 is 0 Å². The molecule has 0 spiro atoms. The molecule has 0 aliphatic carbocycles. The molecule has 1 saturated heterocycles. The number of rotatable bonds is 5. The van der Waals surface area contributed by atoms with E-state index in [-0.39, 0.29) is 11.7 Å². The number of hydrogen-bond acceptors (Lipinski definition) is 5. The van der Waals surface area contributed by atoms with Crippen LogP contribution in [0.3, 0.4) is 0 Å². The topological polar surface area (TPSA) is 75.7 Å². The van der Waals surface area contributed by atoms with Gasteiger partial charge in [-0.05, 0) is 35.9 Å². The van der Waals surface area contributed by atoms with Crippen LogP contribution in [0.1, 0.15) is 15.9 Å². The molecule has 1 aliphatic heterocycles. The molecule has 1 amide bonds. The summed E-state index contributed by atoms with van der Waals surface area (Å²) in [6.45, 7) is 2.85. The van der Waals surface area contributed by atoms with E-state index in [9.17, 15) is 13.2 Å². The molecular formula is C19H21BrN2O4S. The van der Waals surface area contributed by atoms with E-state index in [4.69, 9.17) is 4.74 Å². The lowest BCUT2D eigenvalue weighted by molar-refractivity contribution is 0.102. The molecule has 6 nitrogen and oxygen atoms in total. The van der Waals surface area contributed by atoms with Gasteiger partial charge in [-0.1, -0.05) is 28.1 Å². The Morgan fingerprint density at radius 1 is 1.15 bits per heavy atom. The number of hydrogen-bond donors (Lipinski definition) is 1. The number of amides is 1. The summed E-state index contributed by atoms with van der Waals surface area (Å²) in [4.78, 5) is 14.9. The van der Waals surface area contributed by atoms with Gasteiger partial charge < -0.3 is 15.0 Å². The van der Waals surface area contributed by atoms with Gasteiger partial charge in [0.15, 0.2) is 9.84 Å². The summed E-state index contributed by atoms with van der Waals surface area (Å²) in [5, 5.41) is 2.96. The molecule has 2 aromatic carbocycles. The molecule has 8 heteroatoms. The number of ether oxygens (including phenoxy) is 1. The minimum Gasteiger partial charge on any atom is -0.378 e. The lowest BCUT2D eigenvalue weighted by Gasteiger charge is -2.30. The molecule has 144 valence electrons. The van der Waals surface area contributed by atoms with Crippen LogP contribution in [0.5, 0.6) is 0 Å². The quantitative estimate of drug-likeness (QED) is 0.753. The molecule has 0 atom stereocenters. The van der Waals surface area contributed by atoms with Gasteiger partial charge >= 0.3 is 0 Å². The average Bonchev–Trinajstić information content (AvgIpc) is 2.62. The van der Waals surface area contributed by atoms with Crippen LogP contribution in [0.15, 0.2) is 46.9 Å². The zero-order valence-corrected chi connectivity index (χ0v) is 17.3. The van der Waals surface area contributed by atoms with Crippen LogP contribution in [0.2, 0.25) is 0 Å². The van der Waals surface area contributed by atoms with E-state index in [1.807, 2.05) is 18.2 Å². The second-order valence-electron chi connectivity index (χ2n) is 6.48. The first-order valence-corrected chi connectivity index (χ1v) is 11.4. The SMILES string of the molecule is CS(=O)(=O)Cc1ccc(C(=O)Nc2cc(Br)ccc2N2CCOCC2)cc1. The normalized spacial score (nSPS) is 14.8. The van der Waals surface area contributed by atoms with E-state index in [1.165, 1.54) is 6.26 Å². The first kappa shape index (κ1) is 19.9. The largest absolute Gasteiger partial charge is 0.378 e. The Morgan fingerprint density at radius 2 is 1.81 bits per heavy atom. The second-order valence-corrected chi connectivity index (χ2v) is 9.54. The van der Waals surface area contributed by atoms with Crippen molar-refractivity contribution in [1.29, 1.82) is 0 Å². The second kappa shape index (κ2) is 8.41. The third-order valence-corrected chi connectivity index (χ3v) is 5.55. The number of halogens is 1. The highest BCUT2D eigenvalue weighted by atomic mass is 79.9. The minimum atomic E-state index is -3.10. The molecule has 2 aromatic rings. The third kappa shape index (κ3) is 5.54. The van der Waals surface area contributed by atoms with Gasteiger partial charge in [-0.25, -0.2) is 8.42 Å². The monoisotopic (exact) mass is 452 g/mol. The van der Waals surface area contributed by atoms with Crippen molar-refractivity contribution in [3.05, 3.63) is 58.1 Å². The maximum Gasteiger partial charge on any atom is 0.255 e. The van der Waals surface area contributed by atoms with Crippen molar-refractivity contribution in [2.24, 2.45) is 0 Å². The molecule has 1 N–H and O–H groups in total. The molecule has 0 radical (unpaired) electrons. The Kier molecular flexibility index (Phi) is 6.18. The van der Waals surface area contributed by atoms with Crippen molar-refractivity contribution in [3.8, 4) is 0 Å². The number of anilines is 2. The maximum absolute atomic E-state index is 12.7. The highest BCUT2D eigenvalue weighted by Gasteiger charge is 2.17. The lowest BCUT2D eigenvalue weighted by Crippen LogP contribution is -2.36. The zero-order valence-electron chi connectivity index (χ0n) is 14.9. The van der Waals surface area contributed by atoms with Crippen LogP contribution >= 0.6 is 15.9 Å². The molecule has 0 unspecified atom stereocenters. The summed E-state index contributed by atoms with van der Waals surface area (Å²) in [6.07, 6.45) is 1.19. The van der Waals surface area contributed by atoms with Gasteiger partial charge in [0, 0.05) is 29.4 Å². The third-order valence-electron chi connectivity index (χ3n) is 4.20. The molecule has 0 saturated carbocycles. The molecule has 1 fully saturated rings. The van der Waals surface area contributed by atoms with Gasteiger partial charge in [-0.2, -0.15) is 0 Å². The number of carbonyl (C=O) groups excluding carboxylic acids is 1. The summed E-state index contributed by atoms with van der Waals surface area (Å²) >= 11 is 3.45. The molecular weight excluding hydrogens is 432 g/mol. The Labute approximate surface area is 167 Å². The van der Waals surface area contributed by atoms with Crippen molar-refractivity contribution < 1.29 is 17.9 Å². The summed E-state index contributed by atoms with van der Waals surface area (Å²) in [6, 6.07) is 12.4. The first-order valence-electron chi connectivity index (χ1n) is 8.52. The summed E-state index contributed by atoms with van der Waals surface area (Å²) in [5.74, 6) is -0.282. The number of carbonyl (C=O) groups is 1. The fourth-order valence-electron chi connectivity index (χ4n) is 2.94. The van der Waals surface area contributed by atoms with E-state index in [1.54, 1.807) is 24.3 Å². The van der Waals surface area contributed by atoms with Crippen molar-refractivity contribution in [3.63, 3.8) is 0 Å². The van der Waals surface area contributed by atoms with Crippen LogP contribution < -0.4 is 10.2 Å². The predicted octanol–water partition coefficient (Wildman–Crippen LogP) is 3.08. The van der Waals surface area contributed by atoms with Crippen molar-refractivity contribution in [2.75, 3.05) is 42.8 Å². The van der Waals surface area contributed by atoms with Crippen LogP contribution in [-0.2, 0) is 20.3 Å². The smallest absolute Gasteiger partial charge is 0.255 e. The molecule has 3 rings (SSSR count). The number of benzene rings is 2. The van der Waals surface area contributed by atoms with Gasteiger partial charge in [-0.3, -0.25) is 4.79 Å². The predicted molar refractivity (Wildman–Crippen MR) is 110 cm³/mol. The van der Waals surface area contributed by atoms with E-state index in [2.05, 4.69) is 26.1 Å². The summed E-state index contributed by atoms with van der Waals surface area (Å²) < 4.78 is 29.0. The fourth-order valence-corrected chi connectivity index (χ4v) is 4.10. The molecule has 27 heavy (non-hydrogen) atoms. The Morgan fingerprint density at radius 3 is 2.44 bits per heavy atom. The summed E-state index contributed by atoms with van der Waals surface area (Å²) in [5.41, 5.74) is 2.80. The molecule has 1 heterocycles. The lowest BCUT2D eigenvalue weighted by atomic mass is 10.1. The van der Waals surface area contributed by atoms with Gasteiger partial charge in [0.2, 0.25) is 0 Å². The molecule has 1 aliphatic rings. The standard InChI is InChI=1S/C19H21BrN2O4S/c1-27(24,25)13-14-2-4-15(5-3-14)19(23)21-17-12-16(20)6-7-18(17)22-8-10-26-11-9-22/h2-7,12H,8-11,13H2,1H3,(H,21,23). The Bertz CT molecular complexity index is 923. The van der Waals surface area contributed by atoms with Crippen LogP contribution in [0, 0.1) is 0 Å². The molecule has 0 bridgehead atoms. The fraction of sp³-hybridized carbons (Fsp3) is 0.316. The van der Waals surface area contributed by atoms with Crippen LogP contribution in [0.4, 0.5) is 11.4 Å². The number of morpholine rings is 1. The Hall–Kier alpha value is -1.90. The van der Waals surface area contributed by atoms with Gasteiger partial charge in [0.25, 0.3) is 5.91 Å². The van der Waals surface area contributed by atoms with E-state index < -0.39 is 9.84 Å². The van der Waals surface area contributed by atoms with Crippen molar-refractivity contribution in [1.82, 2.24) is 0 Å². The van der Waals surface area contributed by atoms with E-state index in [0.717, 1.165) is 28.9 Å². The molecule has 0 aromatic heterocycles. The first-order chi connectivity index (χ1) is 12.8. The van der Waals surface area contributed by atoms with Crippen LogP contribution in [0.25, 0.3) is 0 Å². The van der Waals surface area contributed by atoms with Crippen molar-refractivity contribution >= 4 is 43.0 Å². The summed E-state index contributed by atoms with van der Waals surface area (Å²) in [7, 11) is -3.10. The highest BCUT2D eigenvalue weighted by molar-refractivity contribution is 9.10. The van der Waals surface area contributed by atoms with Crippen LogP contribution in [-0.4, -0.2) is 46.9 Å². The Balaban J connectivity index is 1.78. The number of nitrogens with zero attached hydrogens (tertiary/aromatic N) is 1.